The number of aliphatic hydroxyl groups excluding tert-OH is 1. The summed E-state index contributed by atoms with van der Waals surface area (Å²) in [6.45, 7) is 3.69. The first kappa shape index (κ1) is 29.5. The maximum Gasteiger partial charge on any atom is 0.222 e. The number of methoxy groups -OCH3 is 1. The highest BCUT2D eigenvalue weighted by Gasteiger charge is 2.26. The molecule has 0 spiro atoms. The van der Waals surface area contributed by atoms with Crippen molar-refractivity contribution in [2.24, 2.45) is 5.73 Å². The van der Waals surface area contributed by atoms with Gasteiger partial charge in [-0.15, -0.1) is 11.3 Å². The monoisotopic (exact) mass is 599 g/mol. The van der Waals surface area contributed by atoms with E-state index in [-0.39, 0.29) is 35.7 Å². The van der Waals surface area contributed by atoms with Crippen LogP contribution in [0.15, 0.2) is 42.9 Å². The smallest absolute Gasteiger partial charge is 0.222 e. The maximum atomic E-state index is 15.2. The number of nitrogens with zero attached hydrogens (tertiary/aromatic N) is 5. The Bertz CT molecular complexity index is 1550. The molecule has 14 heteroatoms. The van der Waals surface area contributed by atoms with Crippen molar-refractivity contribution < 1.29 is 28.2 Å². The Morgan fingerprint density at radius 3 is 2.90 bits per heavy atom. The van der Waals surface area contributed by atoms with Gasteiger partial charge >= 0.3 is 0 Å². The van der Waals surface area contributed by atoms with Crippen molar-refractivity contribution >= 4 is 44.8 Å². The average molecular weight is 600 g/mol. The summed E-state index contributed by atoms with van der Waals surface area (Å²) in [7, 11) is 1.51. The average Bonchev–Trinajstić information content (AvgIpc) is 3.43. The number of anilines is 3. The number of nitrogens with two attached hydrogens (primary N) is 1. The zero-order valence-corrected chi connectivity index (χ0v) is 23.7. The number of benzene rings is 2. The van der Waals surface area contributed by atoms with E-state index in [0.29, 0.717) is 46.9 Å². The zero-order chi connectivity index (χ0) is 29.6. The first-order valence-electron chi connectivity index (χ1n) is 13.4. The molecular weight excluding hydrogens is 568 g/mol. The zero-order valence-electron chi connectivity index (χ0n) is 22.9. The van der Waals surface area contributed by atoms with E-state index in [4.69, 9.17) is 15.2 Å². The van der Waals surface area contributed by atoms with Gasteiger partial charge in [0.25, 0.3) is 0 Å². The second-order valence-corrected chi connectivity index (χ2v) is 10.7. The third-order valence-corrected chi connectivity index (χ3v) is 7.92. The fraction of sp³-hybridized carbons (Fsp3) is 0.357. The highest BCUT2D eigenvalue weighted by molar-refractivity contribution is 7.15. The summed E-state index contributed by atoms with van der Waals surface area (Å²) in [5, 5.41) is 13.5. The summed E-state index contributed by atoms with van der Waals surface area (Å²) in [6.07, 6.45) is 3.41. The number of rotatable bonds is 12. The van der Waals surface area contributed by atoms with Crippen LogP contribution in [0.2, 0.25) is 0 Å². The van der Waals surface area contributed by atoms with E-state index in [1.54, 1.807) is 12.1 Å². The highest BCUT2D eigenvalue weighted by atomic mass is 32.1. The van der Waals surface area contributed by atoms with E-state index in [0.717, 1.165) is 37.0 Å². The van der Waals surface area contributed by atoms with Crippen LogP contribution in [0, 0.1) is 11.6 Å². The minimum absolute atomic E-state index is 0.0507. The Hall–Kier alpha value is -3.98. The molecule has 1 fully saturated rings. The van der Waals surface area contributed by atoms with Crippen molar-refractivity contribution in [3.05, 3.63) is 59.4 Å². The van der Waals surface area contributed by atoms with Gasteiger partial charge in [0.2, 0.25) is 5.91 Å². The minimum atomic E-state index is -1.09. The number of aromatic nitrogens is 3. The van der Waals surface area contributed by atoms with Crippen LogP contribution in [0.3, 0.4) is 0 Å². The number of aliphatic hydroxyl groups is 1. The lowest BCUT2D eigenvalue weighted by Gasteiger charge is -2.35. The second-order valence-electron chi connectivity index (χ2n) is 9.63. The number of hydrogen-bond donors (Lipinski definition) is 3. The molecule has 0 radical (unpaired) electrons. The van der Waals surface area contributed by atoms with Gasteiger partial charge in [-0.05, 0) is 24.6 Å². The number of nitrogens with one attached hydrogen (secondary N) is 1. The highest BCUT2D eigenvalue weighted by Crippen LogP contribution is 2.42. The Labute approximate surface area is 244 Å². The molecule has 0 saturated carbocycles. The van der Waals surface area contributed by atoms with Crippen molar-refractivity contribution in [2.45, 2.75) is 18.9 Å². The molecule has 1 aliphatic rings. The van der Waals surface area contributed by atoms with Gasteiger partial charge in [0, 0.05) is 61.4 Å². The third-order valence-electron chi connectivity index (χ3n) is 6.94. The lowest BCUT2D eigenvalue weighted by atomic mass is 10.1. The Morgan fingerprint density at radius 1 is 1.26 bits per heavy atom. The molecule has 42 heavy (non-hydrogen) atoms. The third kappa shape index (κ3) is 6.41. The van der Waals surface area contributed by atoms with Gasteiger partial charge in [-0.1, -0.05) is 6.07 Å². The van der Waals surface area contributed by atoms with Crippen LogP contribution < -0.4 is 25.4 Å². The van der Waals surface area contributed by atoms with Crippen LogP contribution in [0.4, 0.5) is 25.4 Å². The molecule has 1 amide bonds. The molecule has 3 heterocycles. The van der Waals surface area contributed by atoms with Crippen LogP contribution in [0.1, 0.15) is 11.3 Å². The van der Waals surface area contributed by atoms with Crippen LogP contribution in [-0.4, -0.2) is 83.4 Å². The van der Waals surface area contributed by atoms with E-state index < -0.39 is 17.5 Å². The predicted molar refractivity (Wildman–Crippen MR) is 155 cm³/mol. The van der Waals surface area contributed by atoms with Gasteiger partial charge in [0.1, 0.15) is 12.9 Å². The Morgan fingerprint density at radius 2 is 2.12 bits per heavy atom. The molecule has 1 saturated heterocycles. The SMILES string of the molecule is COc1cc2c(N(c3ncc(CC(N)=O)s3)c3cccc(F)c3F)ncnc2cc1OCCN1CCNCC1CCO. The number of hydrogen-bond acceptors (Lipinski definition) is 11. The van der Waals surface area contributed by atoms with Gasteiger partial charge in [0.15, 0.2) is 34.1 Å². The fourth-order valence-corrected chi connectivity index (χ4v) is 5.87. The fourth-order valence-electron chi connectivity index (χ4n) is 4.93. The molecular formula is C28H31F2N7O4S. The summed E-state index contributed by atoms with van der Waals surface area (Å²) in [5.74, 6) is -1.58. The normalized spacial score (nSPS) is 15.6. The van der Waals surface area contributed by atoms with E-state index in [9.17, 15) is 14.3 Å². The first-order valence-corrected chi connectivity index (χ1v) is 14.2. The Kier molecular flexibility index (Phi) is 9.37. The maximum absolute atomic E-state index is 15.2. The molecule has 4 aromatic rings. The van der Waals surface area contributed by atoms with Gasteiger partial charge in [-0.3, -0.25) is 14.6 Å². The number of amides is 1. The topological polar surface area (TPSA) is 139 Å². The number of piperazine rings is 1. The number of thiazole rings is 1. The van der Waals surface area contributed by atoms with Gasteiger partial charge in [-0.2, -0.15) is 0 Å². The van der Waals surface area contributed by atoms with Crippen LogP contribution in [0.5, 0.6) is 11.5 Å². The van der Waals surface area contributed by atoms with Crippen LogP contribution >= 0.6 is 11.3 Å². The first-order chi connectivity index (χ1) is 20.4. The largest absolute Gasteiger partial charge is 0.493 e. The number of carbonyl (C=O) groups is 1. The van der Waals surface area contributed by atoms with Crippen molar-refractivity contribution in [2.75, 3.05) is 51.4 Å². The van der Waals surface area contributed by atoms with Crippen molar-refractivity contribution in [3.8, 4) is 11.5 Å². The van der Waals surface area contributed by atoms with Crippen LogP contribution in [0.25, 0.3) is 10.9 Å². The molecule has 1 unspecified atom stereocenters. The standard InChI is InChI=1S/C28H31F2N7O4S/c1-40-23-12-19-21(13-24(23)41-10-8-36-7-6-32-14-17(36)5-9-38)34-16-35-27(19)37(22-4-2-3-20(29)26(22)30)28-33-15-18(42-28)11-25(31)39/h2-4,12-13,15-17,32,38H,5-11,14H2,1H3,(H2,31,39). The molecule has 0 aliphatic carbocycles. The predicted octanol–water partition coefficient (Wildman–Crippen LogP) is 2.91. The number of ether oxygens (including phenoxy) is 2. The summed E-state index contributed by atoms with van der Waals surface area (Å²) in [5.41, 5.74) is 5.70. The van der Waals surface area contributed by atoms with Crippen molar-refractivity contribution in [1.82, 2.24) is 25.2 Å². The molecule has 2 aromatic heterocycles. The quantitative estimate of drug-likeness (QED) is 0.223. The molecule has 1 aliphatic heterocycles. The number of primary amides is 1. The second kappa shape index (κ2) is 13.3. The lowest BCUT2D eigenvalue weighted by Crippen LogP contribution is -2.52. The number of carbonyl (C=O) groups excluding carboxylic acids is 1. The van der Waals surface area contributed by atoms with E-state index in [1.165, 1.54) is 36.7 Å². The Balaban J connectivity index is 1.50. The minimum Gasteiger partial charge on any atom is -0.493 e. The van der Waals surface area contributed by atoms with Crippen molar-refractivity contribution in [1.29, 1.82) is 0 Å². The summed E-state index contributed by atoms with van der Waals surface area (Å²) < 4.78 is 41.3. The van der Waals surface area contributed by atoms with Crippen molar-refractivity contribution in [3.63, 3.8) is 0 Å². The lowest BCUT2D eigenvalue weighted by molar-refractivity contribution is -0.117. The number of halogens is 2. The molecule has 1 atom stereocenters. The van der Waals surface area contributed by atoms with Crippen LogP contribution in [-0.2, 0) is 11.2 Å². The molecule has 2 aromatic carbocycles. The van der Waals surface area contributed by atoms with Gasteiger partial charge in [-0.25, -0.2) is 23.7 Å². The summed E-state index contributed by atoms with van der Waals surface area (Å²) >= 11 is 1.11. The van der Waals surface area contributed by atoms with E-state index in [1.807, 2.05) is 0 Å². The van der Waals surface area contributed by atoms with E-state index >= 15 is 4.39 Å². The molecule has 5 rings (SSSR count). The van der Waals surface area contributed by atoms with E-state index in [2.05, 4.69) is 25.2 Å². The molecule has 222 valence electrons. The van der Waals surface area contributed by atoms with Gasteiger partial charge < -0.3 is 25.6 Å². The molecule has 4 N–H and O–H groups in total. The van der Waals surface area contributed by atoms with Gasteiger partial charge in [0.05, 0.1) is 24.7 Å². The summed E-state index contributed by atoms with van der Waals surface area (Å²) in [4.78, 5) is 28.9. The molecule has 0 bridgehead atoms. The molecule has 11 nitrogen and oxygen atoms in total. The summed E-state index contributed by atoms with van der Waals surface area (Å²) in [6, 6.07) is 7.44. The number of fused-ring (bicyclic) bond motifs is 1.